The molecule has 2 aromatic carbocycles. The molecular weight excluding hydrogens is 587 g/mol. The predicted molar refractivity (Wildman–Crippen MR) is 151 cm³/mol. The second kappa shape index (κ2) is 16.8. The van der Waals surface area contributed by atoms with Gasteiger partial charge < -0.3 is 29.6 Å². The van der Waals surface area contributed by atoms with Crippen molar-refractivity contribution in [2.75, 3.05) is 6.61 Å². The number of hydrogen-bond acceptors (Lipinski definition) is 9. The topological polar surface area (TPSA) is 149 Å². The van der Waals surface area contributed by atoms with E-state index in [9.17, 15) is 43.4 Å². The van der Waals surface area contributed by atoms with Crippen molar-refractivity contribution >= 4 is 5.97 Å². The van der Waals surface area contributed by atoms with E-state index in [4.69, 9.17) is 9.47 Å². The van der Waals surface area contributed by atoms with E-state index in [2.05, 4.69) is 4.84 Å². The maximum Gasteiger partial charge on any atom is 0.416 e. The fourth-order valence-corrected chi connectivity index (χ4v) is 4.89. The Bertz CT molecular complexity index is 1280. The van der Waals surface area contributed by atoms with Crippen LogP contribution in [0.25, 0.3) is 0 Å². The summed E-state index contributed by atoms with van der Waals surface area (Å²) in [5, 5.41) is 40.7. The number of carbonyl (C=O) groups excluding carboxylic acids is 1. The summed E-state index contributed by atoms with van der Waals surface area (Å²) in [5.41, 5.74) is 0.296. The number of nitrogens with zero attached hydrogens (tertiary/aromatic N) is 1. The Morgan fingerprint density at radius 3 is 2.50 bits per heavy atom. The van der Waals surface area contributed by atoms with E-state index < -0.39 is 47.0 Å². The fraction of sp³-hybridized carbons (Fsp3) is 0.452. The molecule has 1 aliphatic rings. The smallest absolute Gasteiger partial charge is 0.416 e. The number of rotatable bonds is 16. The van der Waals surface area contributed by atoms with E-state index >= 15 is 0 Å². The summed E-state index contributed by atoms with van der Waals surface area (Å²) in [6.45, 7) is -0.569. The fourth-order valence-electron chi connectivity index (χ4n) is 4.89. The SMILES string of the molecule is O=C(CCCC=CC[C@@H]1[C@@H](C=C[C@@H](O)COc2cccc(C(F)(F)F)c2)[C@H](O)C[C@@H]1O)OCc1ccccc1CO[N+](=O)[O-]. The maximum atomic E-state index is 12.9. The number of halogens is 3. The molecule has 0 radical (unpaired) electrons. The van der Waals surface area contributed by atoms with Gasteiger partial charge in [0.2, 0.25) is 0 Å². The zero-order valence-corrected chi connectivity index (χ0v) is 23.8. The van der Waals surface area contributed by atoms with Gasteiger partial charge in [0, 0.05) is 18.8 Å². The van der Waals surface area contributed by atoms with E-state index in [-0.39, 0.29) is 44.3 Å². The largest absolute Gasteiger partial charge is 0.491 e. The summed E-state index contributed by atoms with van der Waals surface area (Å²) in [7, 11) is 0. The van der Waals surface area contributed by atoms with Gasteiger partial charge in [0.15, 0.2) is 0 Å². The minimum atomic E-state index is -4.51. The molecule has 0 unspecified atom stereocenters. The minimum Gasteiger partial charge on any atom is -0.491 e. The Kier molecular flexibility index (Phi) is 13.2. The van der Waals surface area contributed by atoms with Crippen molar-refractivity contribution in [3.63, 3.8) is 0 Å². The van der Waals surface area contributed by atoms with Gasteiger partial charge in [-0.1, -0.05) is 54.6 Å². The van der Waals surface area contributed by atoms with Crippen molar-refractivity contribution < 1.29 is 52.7 Å². The molecule has 3 N–H and O–H groups in total. The van der Waals surface area contributed by atoms with Crippen LogP contribution in [-0.2, 0) is 33.8 Å². The van der Waals surface area contributed by atoms with Gasteiger partial charge in [-0.2, -0.15) is 13.2 Å². The molecule has 13 heteroatoms. The summed E-state index contributed by atoms with van der Waals surface area (Å²) in [6.07, 6.45) is 1.31. The average molecular weight is 624 g/mol. The van der Waals surface area contributed by atoms with Crippen LogP contribution in [0.2, 0.25) is 0 Å². The Balaban J connectivity index is 1.39. The number of aliphatic hydroxyl groups excluding tert-OH is 3. The molecule has 1 saturated carbocycles. The highest BCUT2D eigenvalue weighted by molar-refractivity contribution is 5.69. The number of ether oxygens (including phenoxy) is 2. The highest BCUT2D eigenvalue weighted by Gasteiger charge is 2.39. The lowest BCUT2D eigenvalue weighted by Crippen LogP contribution is -2.21. The molecule has 2 aromatic rings. The Morgan fingerprint density at radius 1 is 1.07 bits per heavy atom. The van der Waals surface area contributed by atoms with Crippen LogP contribution in [0.3, 0.4) is 0 Å². The first-order chi connectivity index (χ1) is 20.9. The van der Waals surface area contributed by atoms with Gasteiger partial charge in [0.25, 0.3) is 5.09 Å². The molecule has 0 spiro atoms. The summed E-state index contributed by atoms with van der Waals surface area (Å²) in [5.74, 6) is -1.23. The molecule has 10 nitrogen and oxygen atoms in total. The lowest BCUT2D eigenvalue weighted by Gasteiger charge is -2.19. The number of alkyl halides is 3. The van der Waals surface area contributed by atoms with Gasteiger partial charge in [0.05, 0.1) is 17.8 Å². The van der Waals surface area contributed by atoms with E-state index in [0.29, 0.717) is 30.4 Å². The molecule has 0 aromatic heterocycles. The third-order valence-electron chi connectivity index (χ3n) is 7.21. The number of hydrogen-bond donors (Lipinski definition) is 3. The van der Waals surface area contributed by atoms with Crippen LogP contribution in [-0.4, -0.2) is 51.3 Å². The summed E-state index contributed by atoms with van der Waals surface area (Å²) < 4.78 is 49.2. The van der Waals surface area contributed by atoms with E-state index in [1.165, 1.54) is 18.2 Å². The molecule has 0 saturated heterocycles. The molecule has 0 aliphatic heterocycles. The van der Waals surface area contributed by atoms with Gasteiger partial charge in [-0.25, -0.2) is 0 Å². The van der Waals surface area contributed by atoms with E-state index in [0.717, 1.165) is 12.1 Å². The van der Waals surface area contributed by atoms with Crippen molar-refractivity contribution in [2.24, 2.45) is 11.8 Å². The second-order valence-corrected chi connectivity index (χ2v) is 10.4. The Morgan fingerprint density at radius 2 is 1.80 bits per heavy atom. The van der Waals surface area contributed by atoms with Crippen LogP contribution in [0, 0.1) is 22.0 Å². The van der Waals surface area contributed by atoms with Crippen molar-refractivity contribution in [1.29, 1.82) is 0 Å². The normalized spacial score (nSPS) is 21.0. The van der Waals surface area contributed by atoms with Crippen LogP contribution in [0.1, 0.15) is 48.8 Å². The average Bonchev–Trinajstić information content (AvgIpc) is 3.25. The van der Waals surface area contributed by atoms with E-state index in [1.54, 1.807) is 30.3 Å². The number of aliphatic hydroxyl groups is 3. The standard InChI is InChI=1S/C31H36F3NO9/c32-31(33,34)23-10-7-11-25(16-23)42-20-24(36)14-15-27-26(28(37)17-29(27)38)12-3-1-2-4-13-30(39)43-18-21-8-5-6-9-22(21)19-44-35(40)41/h1,3,5-11,14-16,24,26-29,36-38H,2,4,12-13,17-20H2/t24-,26-,27-,28+,29-/m1/s1. The Hall–Kier alpha value is -3.94. The number of unbranched alkanes of at least 4 members (excludes halogenated alkanes) is 1. The molecule has 0 heterocycles. The van der Waals surface area contributed by atoms with Gasteiger partial charge in [0.1, 0.15) is 31.7 Å². The first-order valence-electron chi connectivity index (χ1n) is 14.1. The molecule has 0 amide bonds. The summed E-state index contributed by atoms with van der Waals surface area (Å²) >= 11 is 0. The minimum absolute atomic E-state index is 0.0329. The van der Waals surface area contributed by atoms with E-state index in [1.807, 2.05) is 12.2 Å². The van der Waals surface area contributed by atoms with Crippen LogP contribution >= 0.6 is 0 Å². The third kappa shape index (κ3) is 11.3. The molecule has 1 fully saturated rings. The molecule has 0 bridgehead atoms. The zero-order valence-electron chi connectivity index (χ0n) is 23.8. The summed E-state index contributed by atoms with van der Waals surface area (Å²) in [4.78, 5) is 27.0. The molecular formula is C31H36F3NO9. The molecule has 44 heavy (non-hydrogen) atoms. The van der Waals surface area contributed by atoms with Gasteiger partial charge in [-0.3, -0.25) is 4.79 Å². The quantitative estimate of drug-likeness (QED) is 0.0778. The van der Waals surface area contributed by atoms with Crippen molar-refractivity contribution in [3.05, 3.63) is 99.6 Å². The van der Waals surface area contributed by atoms with Gasteiger partial charge in [-0.15, -0.1) is 10.1 Å². The number of benzene rings is 2. The van der Waals surface area contributed by atoms with Crippen molar-refractivity contribution in [2.45, 2.75) is 69.8 Å². The lowest BCUT2D eigenvalue weighted by atomic mass is 9.89. The number of esters is 1. The van der Waals surface area contributed by atoms with Crippen LogP contribution < -0.4 is 4.74 Å². The lowest BCUT2D eigenvalue weighted by molar-refractivity contribution is -0.763. The predicted octanol–water partition coefficient (Wildman–Crippen LogP) is 4.93. The molecule has 1 aliphatic carbocycles. The molecule has 240 valence electrons. The Labute approximate surface area is 252 Å². The first-order valence-corrected chi connectivity index (χ1v) is 14.1. The summed E-state index contributed by atoms with van der Waals surface area (Å²) in [6, 6.07) is 11.1. The van der Waals surface area contributed by atoms with Gasteiger partial charge in [-0.05, 0) is 54.5 Å². The van der Waals surface area contributed by atoms with Gasteiger partial charge >= 0.3 is 12.1 Å². The van der Waals surface area contributed by atoms with Crippen LogP contribution in [0.4, 0.5) is 13.2 Å². The molecule has 5 atom stereocenters. The van der Waals surface area contributed by atoms with Crippen LogP contribution in [0.15, 0.2) is 72.8 Å². The maximum absolute atomic E-state index is 12.9. The second-order valence-electron chi connectivity index (χ2n) is 10.4. The highest BCUT2D eigenvalue weighted by atomic mass is 19.4. The van der Waals surface area contributed by atoms with Crippen molar-refractivity contribution in [3.8, 4) is 5.75 Å². The first kappa shape index (κ1) is 34.5. The zero-order chi connectivity index (χ0) is 32.1. The third-order valence-corrected chi connectivity index (χ3v) is 7.21. The van der Waals surface area contributed by atoms with Crippen LogP contribution in [0.5, 0.6) is 5.75 Å². The highest BCUT2D eigenvalue weighted by Crippen LogP contribution is 2.36. The molecule has 3 rings (SSSR count). The monoisotopic (exact) mass is 623 g/mol. The number of allylic oxidation sites excluding steroid dienone is 2. The number of carbonyl (C=O) groups is 1. The van der Waals surface area contributed by atoms with Crippen molar-refractivity contribution in [1.82, 2.24) is 0 Å².